The minimum Gasteiger partial charge on any atom is -0.392 e. The lowest BCUT2D eigenvalue weighted by Gasteiger charge is -2.39. The number of aliphatic hydroxyl groups excluding tert-OH is 1. The molecule has 2 heteroatoms. The number of aliphatic hydroxyl groups is 1. The van der Waals surface area contributed by atoms with Crippen LogP contribution in [0.1, 0.15) is 50.7 Å². The maximum absolute atomic E-state index is 9.14. The SMILES string of the molecule is CC1(C)CCCCC1NCc1cccc(CO)c1. The summed E-state index contributed by atoms with van der Waals surface area (Å²) in [6.45, 7) is 5.77. The third kappa shape index (κ3) is 3.33. The Balaban J connectivity index is 1.94. The number of hydrogen-bond donors (Lipinski definition) is 2. The molecule has 1 aliphatic carbocycles. The second-order valence-corrected chi connectivity index (χ2v) is 6.15. The smallest absolute Gasteiger partial charge is 0.0681 e. The van der Waals surface area contributed by atoms with Gasteiger partial charge in [-0.3, -0.25) is 0 Å². The normalized spacial score (nSPS) is 22.9. The molecule has 0 radical (unpaired) electrons. The first kappa shape index (κ1) is 13.6. The van der Waals surface area contributed by atoms with Gasteiger partial charge in [-0.1, -0.05) is 51.0 Å². The molecule has 1 unspecified atom stereocenters. The molecule has 0 amide bonds. The molecule has 0 spiro atoms. The molecule has 1 atom stereocenters. The summed E-state index contributed by atoms with van der Waals surface area (Å²) in [5.41, 5.74) is 2.67. The van der Waals surface area contributed by atoms with E-state index in [9.17, 15) is 0 Å². The molecule has 2 rings (SSSR count). The van der Waals surface area contributed by atoms with Gasteiger partial charge in [0, 0.05) is 12.6 Å². The number of benzene rings is 1. The van der Waals surface area contributed by atoms with Crippen molar-refractivity contribution in [3.05, 3.63) is 35.4 Å². The van der Waals surface area contributed by atoms with Crippen LogP contribution in [0.25, 0.3) is 0 Å². The summed E-state index contributed by atoms with van der Waals surface area (Å²) >= 11 is 0. The molecule has 18 heavy (non-hydrogen) atoms. The average Bonchev–Trinajstić information content (AvgIpc) is 2.37. The van der Waals surface area contributed by atoms with Crippen LogP contribution in [0.15, 0.2) is 24.3 Å². The minimum atomic E-state index is 0.128. The van der Waals surface area contributed by atoms with Gasteiger partial charge >= 0.3 is 0 Å². The average molecular weight is 247 g/mol. The van der Waals surface area contributed by atoms with Gasteiger partial charge in [-0.05, 0) is 29.4 Å². The molecule has 100 valence electrons. The fourth-order valence-corrected chi connectivity index (χ4v) is 2.95. The van der Waals surface area contributed by atoms with Crippen molar-refractivity contribution < 1.29 is 5.11 Å². The molecule has 0 heterocycles. The van der Waals surface area contributed by atoms with Crippen LogP contribution in [0.5, 0.6) is 0 Å². The van der Waals surface area contributed by atoms with Crippen LogP contribution in [0, 0.1) is 5.41 Å². The largest absolute Gasteiger partial charge is 0.392 e. The second-order valence-electron chi connectivity index (χ2n) is 6.15. The van der Waals surface area contributed by atoms with Crippen molar-refractivity contribution >= 4 is 0 Å². The van der Waals surface area contributed by atoms with E-state index in [0.717, 1.165) is 12.1 Å². The van der Waals surface area contributed by atoms with Crippen molar-refractivity contribution in [2.45, 2.75) is 58.7 Å². The van der Waals surface area contributed by atoms with Gasteiger partial charge in [-0.15, -0.1) is 0 Å². The third-order valence-electron chi connectivity index (χ3n) is 4.23. The van der Waals surface area contributed by atoms with E-state index in [2.05, 4.69) is 31.3 Å². The summed E-state index contributed by atoms with van der Waals surface area (Å²) in [4.78, 5) is 0. The number of rotatable bonds is 4. The molecule has 1 fully saturated rings. The maximum Gasteiger partial charge on any atom is 0.0681 e. The lowest BCUT2D eigenvalue weighted by atomic mass is 9.73. The summed E-state index contributed by atoms with van der Waals surface area (Å²) in [5, 5.41) is 12.8. The molecule has 0 aliphatic heterocycles. The highest BCUT2D eigenvalue weighted by Crippen LogP contribution is 2.35. The molecule has 2 nitrogen and oxygen atoms in total. The Morgan fingerprint density at radius 3 is 2.78 bits per heavy atom. The van der Waals surface area contributed by atoms with Gasteiger partial charge in [-0.25, -0.2) is 0 Å². The van der Waals surface area contributed by atoms with Gasteiger partial charge in [0.1, 0.15) is 0 Å². The zero-order valence-corrected chi connectivity index (χ0v) is 11.6. The zero-order chi connectivity index (χ0) is 13.0. The summed E-state index contributed by atoms with van der Waals surface area (Å²) in [7, 11) is 0. The fourth-order valence-electron chi connectivity index (χ4n) is 2.95. The maximum atomic E-state index is 9.14. The van der Waals surface area contributed by atoms with Gasteiger partial charge in [0.15, 0.2) is 0 Å². The van der Waals surface area contributed by atoms with Crippen molar-refractivity contribution in [3.63, 3.8) is 0 Å². The Morgan fingerprint density at radius 1 is 1.28 bits per heavy atom. The van der Waals surface area contributed by atoms with E-state index in [1.54, 1.807) is 0 Å². The van der Waals surface area contributed by atoms with Crippen LogP contribution < -0.4 is 5.32 Å². The standard InChI is InChI=1S/C16H25NO/c1-16(2)9-4-3-8-15(16)17-11-13-6-5-7-14(10-13)12-18/h5-7,10,15,17-18H,3-4,8-9,11-12H2,1-2H3. The molecule has 0 bridgehead atoms. The van der Waals surface area contributed by atoms with Crippen LogP contribution in [-0.2, 0) is 13.2 Å². The van der Waals surface area contributed by atoms with Crippen molar-refractivity contribution in [2.24, 2.45) is 5.41 Å². The van der Waals surface area contributed by atoms with Gasteiger partial charge in [0.2, 0.25) is 0 Å². The number of hydrogen-bond acceptors (Lipinski definition) is 2. The molecule has 1 saturated carbocycles. The van der Waals surface area contributed by atoms with Crippen molar-refractivity contribution in [2.75, 3.05) is 0 Å². The molecule has 0 saturated heterocycles. The van der Waals surface area contributed by atoms with E-state index >= 15 is 0 Å². The molecule has 1 aromatic rings. The van der Waals surface area contributed by atoms with Crippen molar-refractivity contribution in [1.82, 2.24) is 5.32 Å². The first-order valence-corrected chi connectivity index (χ1v) is 7.04. The predicted octanol–water partition coefficient (Wildman–Crippen LogP) is 3.24. The van der Waals surface area contributed by atoms with Crippen LogP contribution in [0.3, 0.4) is 0 Å². The summed E-state index contributed by atoms with van der Waals surface area (Å²) in [6, 6.07) is 8.82. The highest BCUT2D eigenvalue weighted by Gasteiger charge is 2.31. The monoisotopic (exact) mass is 247 g/mol. The van der Waals surface area contributed by atoms with Crippen LogP contribution in [0.4, 0.5) is 0 Å². The van der Waals surface area contributed by atoms with E-state index in [0.29, 0.717) is 11.5 Å². The lowest BCUT2D eigenvalue weighted by molar-refractivity contribution is 0.166. The molecular weight excluding hydrogens is 222 g/mol. The van der Waals surface area contributed by atoms with Crippen LogP contribution >= 0.6 is 0 Å². The van der Waals surface area contributed by atoms with Crippen LogP contribution in [0.2, 0.25) is 0 Å². The van der Waals surface area contributed by atoms with Gasteiger partial charge < -0.3 is 10.4 Å². The zero-order valence-electron chi connectivity index (χ0n) is 11.6. The van der Waals surface area contributed by atoms with Crippen LogP contribution in [-0.4, -0.2) is 11.1 Å². The highest BCUT2D eigenvalue weighted by molar-refractivity contribution is 5.22. The Hall–Kier alpha value is -0.860. The topological polar surface area (TPSA) is 32.3 Å². The van der Waals surface area contributed by atoms with Crippen molar-refractivity contribution in [3.8, 4) is 0 Å². The second kappa shape index (κ2) is 5.85. The summed E-state index contributed by atoms with van der Waals surface area (Å²) in [6.07, 6.45) is 5.32. The van der Waals surface area contributed by atoms with E-state index < -0.39 is 0 Å². The first-order chi connectivity index (χ1) is 8.62. The lowest BCUT2D eigenvalue weighted by Crippen LogP contribution is -2.43. The Kier molecular flexibility index (Phi) is 4.41. The fraction of sp³-hybridized carbons (Fsp3) is 0.625. The van der Waals surface area contributed by atoms with Gasteiger partial charge in [0.25, 0.3) is 0 Å². The van der Waals surface area contributed by atoms with E-state index in [1.165, 1.54) is 31.2 Å². The Morgan fingerprint density at radius 2 is 2.06 bits per heavy atom. The van der Waals surface area contributed by atoms with Crippen molar-refractivity contribution in [1.29, 1.82) is 0 Å². The predicted molar refractivity (Wildman–Crippen MR) is 75.2 cm³/mol. The molecular formula is C16H25NO. The molecule has 2 N–H and O–H groups in total. The van der Waals surface area contributed by atoms with Gasteiger partial charge in [-0.2, -0.15) is 0 Å². The highest BCUT2D eigenvalue weighted by atomic mass is 16.3. The van der Waals surface area contributed by atoms with E-state index in [1.807, 2.05) is 12.1 Å². The van der Waals surface area contributed by atoms with E-state index in [4.69, 9.17) is 5.11 Å². The molecule has 1 aromatic carbocycles. The van der Waals surface area contributed by atoms with E-state index in [-0.39, 0.29) is 6.61 Å². The Labute approximate surface area is 110 Å². The molecule has 1 aliphatic rings. The molecule has 0 aromatic heterocycles. The minimum absolute atomic E-state index is 0.128. The summed E-state index contributed by atoms with van der Waals surface area (Å²) < 4.78 is 0. The third-order valence-corrected chi connectivity index (χ3v) is 4.23. The summed E-state index contributed by atoms with van der Waals surface area (Å²) in [5.74, 6) is 0. The van der Waals surface area contributed by atoms with Gasteiger partial charge in [0.05, 0.1) is 6.61 Å². The number of nitrogens with one attached hydrogen (secondary N) is 1. The quantitative estimate of drug-likeness (QED) is 0.856. The first-order valence-electron chi connectivity index (χ1n) is 7.04. The Bertz CT molecular complexity index is 386.